The van der Waals surface area contributed by atoms with Crippen LogP contribution in [0.5, 0.6) is 0 Å². The molecular weight excluding hydrogens is 406 g/mol. The number of hydrogen-bond acceptors (Lipinski definition) is 4. The van der Waals surface area contributed by atoms with Gasteiger partial charge < -0.3 is 15.1 Å². The summed E-state index contributed by atoms with van der Waals surface area (Å²) < 4.78 is 0. The van der Waals surface area contributed by atoms with Gasteiger partial charge in [-0.3, -0.25) is 9.59 Å². The number of hydrogen-bond donors (Lipinski definition) is 1. The van der Waals surface area contributed by atoms with Gasteiger partial charge in [0.15, 0.2) is 0 Å². The first-order chi connectivity index (χ1) is 15.0. The molecule has 3 rings (SSSR count). The molecule has 1 aliphatic rings. The zero-order valence-corrected chi connectivity index (χ0v) is 20.0. The molecule has 1 aliphatic heterocycles. The van der Waals surface area contributed by atoms with Crippen molar-refractivity contribution in [3.63, 3.8) is 0 Å². The number of benzene rings is 1. The van der Waals surface area contributed by atoms with Gasteiger partial charge in [-0.1, -0.05) is 52.0 Å². The number of rotatable bonds is 10. The van der Waals surface area contributed by atoms with E-state index in [1.165, 1.54) is 0 Å². The van der Waals surface area contributed by atoms with Crippen LogP contribution in [0, 0.1) is 5.92 Å². The van der Waals surface area contributed by atoms with E-state index >= 15 is 0 Å². The topological polar surface area (TPSA) is 52.7 Å². The van der Waals surface area contributed by atoms with Gasteiger partial charge in [0.2, 0.25) is 5.91 Å². The highest BCUT2D eigenvalue weighted by Gasteiger charge is 2.44. The monoisotopic (exact) mass is 441 g/mol. The molecule has 0 saturated heterocycles. The predicted molar refractivity (Wildman–Crippen MR) is 128 cm³/mol. The summed E-state index contributed by atoms with van der Waals surface area (Å²) in [6.45, 7) is 12.8. The van der Waals surface area contributed by atoms with Gasteiger partial charge in [-0.25, -0.2) is 0 Å². The Morgan fingerprint density at radius 1 is 1.16 bits per heavy atom. The van der Waals surface area contributed by atoms with Gasteiger partial charge in [0, 0.05) is 23.5 Å². The molecule has 1 N–H and O–H groups in total. The van der Waals surface area contributed by atoms with Crippen LogP contribution in [0.2, 0.25) is 0 Å². The SMILES string of the molecule is CCN(CC)CCCNC(=O)C1c2ccccc2C(=O)N(CC(C)C)C1c1cccs1. The first-order valence-electron chi connectivity index (χ1n) is 11.4. The van der Waals surface area contributed by atoms with E-state index in [1.54, 1.807) is 11.3 Å². The molecule has 2 atom stereocenters. The molecule has 5 nitrogen and oxygen atoms in total. The van der Waals surface area contributed by atoms with Gasteiger partial charge in [-0.15, -0.1) is 11.3 Å². The fraction of sp³-hybridized carbons (Fsp3) is 0.520. The first-order valence-corrected chi connectivity index (χ1v) is 12.3. The molecule has 0 fully saturated rings. The third-order valence-corrected chi connectivity index (χ3v) is 6.91. The zero-order chi connectivity index (χ0) is 22.4. The number of nitrogens with one attached hydrogen (secondary N) is 1. The van der Waals surface area contributed by atoms with Crippen molar-refractivity contribution in [1.29, 1.82) is 0 Å². The van der Waals surface area contributed by atoms with Crippen molar-refractivity contribution >= 4 is 23.2 Å². The third kappa shape index (κ3) is 5.36. The standard InChI is InChI=1S/C25H35N3O2S/c1-5-27(6-2)15-10-14-26-24(29)22-19-11-7-8-12-20(19)25(30)28(17-18(3)4)23(22)21-13-9-16-31-21/h7-9,11-13,16,18,22-23H,5-6,10,14-15,17H2,1-4H3,(H,26,29). The van der Waals surface area contributed by atoms with Crippen LogP contribution in [-0.4, -0.2) is 54.3 Å². The van der Waals surface area contributed by atoms with Crippen molar-refractivity contribution in [3.05, 3.63) is 57.8 Å². The number of fused-ring (bicyclic) bond motifs is 1. The summed E-state index contributed by atoms with van der Waals surface area (Å²) >= 11 is 1.62. The molecule has 2 amide bonds. The van der Waals surface area contributed by atoms with Gasteiger partial charge >= 0.3 is 0 Å². The van der Waals surface area contributed by atoms with Crippen LogP contribution in [0.15, 0.2) is 41.8 Å². The summed E-state index contributed by atoms with van der Waals surface area (Å²) in [7, 11) is 0. The molecule has 1 aromatic heterocycles. The van der Waals surface area contributed by atoms with Gasteiger partial charge in [-0.2, -0.15) is 0 Å². The van der Waals surface area contributed by atoms with Gasteiger partial charge in [0.1, 0.15) is 0 Å². The summed E-state index contributed by atoms with van der Waals surface area (Å²) in [6.07, 6.45) is 0.917. The van der Waals surface area contributed by atoms with Crippen molar-refractivity contribution < 1.29 is 9.59 Å². The molecule has 0 saturated carbocycles. The Bertz CT molecular complexity index is 861. The Labute approximate surface area is 190 Å². The van der Waals surface area contributed by atoms with Crippen molar-refractivity contribution in [2.75, 3.05) is 32.7 Å². The van der Waals surface area contributed by atoms with Crippen molar-refractivity contribution in [2.24, 2.45) is 5.92 Å². The van der Waals surface area contributed by atoms with Gasteiger partial charge in [0.05, 0.1) is 12.0 Å². The summed E-state index contributed by atoms with van der Waals surface area (Å²) in [4.78, 5) is 32.3. The van der Waals surface area contributed by atoms with Crippen molar-refractivity contribution in [3.8, 4) is 0 Å². The number of nitrogens with zero attached hydrogens (tertiary/aromatic N) is 2. The quantitative estimate of drug-likeness (QED) is 0.551. The fourth-order valence-corrected chi connectivity index (χ4v) is 5.28. The Morgan fingerprint density at radius 2 is 1.90 bits per heavy atom. The molecule has 2 heterocycles. The van der Waals surface area contributed by atoms with Crippen molar-refractivity contribution in [2.45, 2.75) is 46.1 Å². The van der Waals surface area contributed by atoms with E-state index in [0.29, 0.717) is 24.6 Å². The average molecular weight is 442 g/mol. The van der Waals surface area contributed by atoms with E-state index in [0.717, 1.165) is 36.5 Å². The highest BCUT2D eigenvalue weighted by molar-refractivity contribution is 7.10. The number of amides is 2. The molecule has 0 aliphatic carbocycles. The van der Waals surface area contributed by atoms with Crippen LogP contribution in [0.3, 0.4) is 0 Å². The largest absolute Gasteiger partial charge is 0.355 e. The predicted octanol–water partition coefficient (Wildman–Crippen LogP) is 4.53. The minimum absolute atomic E-state index is 0.00616. The molecule has 6 heteroatoms. The lowest BCUT2D eigenvalue weighted by molar-refractivity contribution is -0.124. The molecule has 0 spiro atoms. The molecule has 2 unspecified atom stereocenters. The number of carbonyl (C=O) groups excluding carboxylic acids is 2. The maximum atomic E-state index is 13.5. The molecule has 0 radical (unpaired) electrons. The van der Waals surface area contributed by atoms with E-state index in [2.05, 4.69) is 37.9 Å². The number of thiophene rings is 1. The number of carbonyl (C=O) groups is 2. The lowest BCUT2D eigenvalue weighted by Gasteiger charge is -2.42. The Morgan fingerprint density at radius 3 is 2.55 bits per heavy atom. The maximum absolute atomic E-state index is 13.5. The van der Waals surface area contributed by atoms with E-state index in [1.807, 2.05) is 46.7 Å². The summed E-state index contributed by atoms with van der Waals surface area (Å²) in [5, 5.41) is 5.20. The van der Waals surface area contributed by atoms with Crippen LogP contribution >= 0.6 is 11.3 Å². The van der Waals surface area contributed by atoms with Gasteiger partial charge in [0.25, 0.3) is 5.91 Å². The summed E-state index contributed by atoms with van der Waals surface area (Å²) in [5.41, 5.74) is 1.49. The molecule has 31 heavy (non-hydrogen) atoms. The van der Waals surface area contributed by atoms with Crippen LogP contribution in [-0.2, 0) is 4.79 Å². The van der Waals surface area contributed by atoms with Gasteiger partial charge in [-0.05, 0) is 55.0 Å². The maximum Gasteiger partial charge on any atom is 0.254 e. The van der Waals surface area contributed by atoms with E-state index in [9.17, 15) is 9.59 Å². The van der Waals surface area contributed by atoms with Crippen LogP contribution < -0.4 is 5.32 Å². The Hall–Kier alpha value is -2.18. The lowest BCUT2D eigenvalue weighted by Crippen LogP contribution is -2.48. The summed E-state index contributed by atoms with van der Waals surface area (Å²) in [6, 6.07) is 11.4. The molecular formula is C25H35N3O2S. The van der Waals surface area contributed by atoms with E-state index < -0.39 is 5.92 Å². The van der Waals surface area contributed by atoms with Crippen molar-refractivity contribution in [1.82, 2.24) is 15.1 Å². The minimum atomic E-state index is -0.403. The highest BCUT2D eigenvalue weighted by atomic mass is 32.1. The summed E-state index contributed by atoms with van der Waals surface area (Å²) in [5.74, 6) is -0.0610. The van der Waals surface area contributed by atoms with E-state index in [-0.39, 0.29) is 17.9 Å². The second kappa shape index (κ2) is 10.9. The molecule has 2 aromatic rings. The highest BCUT2D eigenvalue weighted by Crippen LogP contribution is 2.44. The van der Waals surface area contributed by atoms with Crippen LogP contribution in [0.25, 0.3) is 0 Å². The van der Waals surface area contributed by atoms with Crippen LogP contribution in [0.4, 0.5) is 0 Å². The zero-order valence-electron chi connectivity index (χ0n) is 19.1. The molecule has 1 aromatic carbocycles. The molecule has 168 valence electrons. The fourth-order valence-electron chi connectivity index (χ4n) is 4.41. The lowest BCUT2D eigenvalue weighted by atomic mass is 9.81. The first kappa shape index (κ1) is 23.5. The Kier molecular flexibility index (Phi) is 8.27. The third-order valence-electron chi connectivity index (χ3n) is 5.96. The second-order valence-electron chi connectivity index (χ2n) is 8.55. The second-order valence-corrected chi connectivity index (χ2v) is 9.53. The Balaban J connectivity index is 1.89. The minimum Gasteiger partial charge on any atom is -0.355 e. The smallest absolute Gasteiger partial charge is 0.254 e. The average Bonchev–Trinajstić information content (AvgIpc) is 3.29. The molecule has 0 bridgehead atoms. The van der Waals surface area contributed by atoms with E-state index in [4.69, 9.17) is 0 Å². The van der Waals surface area contributed by atoms with Crippen LogP contribution in [0.1, 0.15) is 66.9 Å². The normalized spacial score (nSPS) is 18.5.